The Hall–Kier alpha value is -3.68. The van der Waals surface area contributed by atoms with Crippen LogP contribution in [-0.4, -0.2) is 58.5 Å². The van der Waals surface area contributed by atoms with Gasteiger partial charge in [-0.15, -0.1) is 0 Å². The number of ether oxygens (including phenoxy) is 1. The second kappa shape index (κ2) is 11.4. The third-order valence-corrected chi connectivity index (χ3v) is 6.67. The zero-order valence-electron chi connectivity index (χ0n) is 20.8. The van der Waals surface area contributed by atoms with Gasteiger partial charge in [-0.3, -0.25) is 14.6 Å². The van der Waals surface area contributed by atoms with Crippen LogP contribution in [0.2, 0.25) is 0 Å². The molecule has 1 amide bonds. The summed E-state index contributed by atoms with van der Waals surface area (Å²) in [7, 11) is 0. The zero-order valence-corrected chi connectivity index (χ0v) is 20.8. The SMILES string of the molecule is CC(C)(C(=O)Nc1ccc(Oc2ccccc2)cc1)N1CCCN(Cc2ccccc2C(=O)O)CC1. The number of benzene rings is 3. The standard InChI is InChI=1S/C29H33N3O4/c1-29(2,28(35)30-23-13-15-25(16-14-23)36-24-10-4-3-5-11-24)32-18-8-17-31(19-20-32)21-22-9-6-7-12-26(22)27(33)34/h3-7,9-16H,8,17-21H2,1-2H3,(H,30,35)(H,33,34). The van der Waals surface area contributed by atoms with E-state index in [9.17, 15) is 14.7 Å². The number of hydrogen-bond acceptors (Lipinski definition) is 5. The summed E-state index contributed by atoms with van der Waals surface area (Å²) < 4.78 is 5.83. The summed E-state index contributed by atoms with van der Waals surface area (Å²) in [6.07, 6.45) is 0.900. The normalized spacial score (nSPS) is 15.2. The van der Waals surface area contributed by atoms with Gasteiger partial charge < -0.3 is 15.2 Å². The van der Waals surface area contributed by atoms with Crippen LogP contribution in [0.3, 0.4) is 0 Å². The van der Waals surface area contributed by atoms with Gasteiger partial charge in [0.25, 0.3) is 0 Å². The molecule has 2 N–H and O–H groups in total. The summed E-state index contributed by atoms with van der Waals surface area (Å²) in [5.74, 6) is 0.496. The van der Waals surface area contributed by atoms with Crippen LogP contribution in [0.5, 0.6) is 11.5 Å². The first-order valence-corrected chi connectivity index (χ1v) is 12.3. The molecule has 36 heavy (non-hydrogen) atoms. The maximum Gasteiger partial charge on any atom is 0.336 e. The lowest BCUT2D eigenvalue weighted by Crippen LogP contribution is -2.53. The molecule has 7 nitrogen and oxygen atoms in total. The Morgan fingerprint density at radius 3 is 2.25 bits per heavy atom. The monoisotopic (exact) mass is 487 g/mol. The molecule has 0 aromatic heterocycles. The highest BCUT2D eigenvalue weighted by Crippen LogP contribution is 2.25. The van der Waals surface area contributed by atoms with Crippen molar-refractivity contribution in [2.45, 2.75) is 32.4 Å². The summed E-state index contributed by atoms with van der Waals surface area (Å²) in [6.45, 7) is 7.61. The van der Waals surface area contributed by atoms with Crippen molar-refractivity contribution in [3.63, 3.8) is 0 Å². The molecule has 3 aromatic rings. The molecule has 1 fully saturated rings. The van der Waals surface area contributed by atoms with Crippen LogP contribution in [-0.2, 0) is 11.3 Å². The molecule has 1 aliphatic rings. The Morgan fingerprint density at radius 2 is 1.53 bits per heavy atom. The van der Waals surface area contributed by atoms with Gasteiger partial charge in [0.05, 0.1) is 11.1 Å². The number of carbonyl (C=O) groups excluding carboxylic acids is 1. The fourth-order valence-electron chi connectivity index (χ4n) is 4.45. The Labute approximate surface area is 212 Å². The highest BCUT2D eigenvalue weighted by atomic mass is 16.5. The molecule has 0 saturated carbocycles. The molecule has 0 aliphatic carbocycles. The number of carbonyl (C=O) groups is 2. The van der Waals surface area contributed by atoms with Crippen molar-refractivity contribution in [2.24, 2.45) is 0 Å². The number of carboxylic acids is 1. The lowest BCUT2D eigenvalue weighted by atomic mass is 10.0. The fourth-order valence-corrected chi connectivity index (χ4v) is 4.45. The van der Waals surface area contributed by atoms with Crippen LogP contribution in [0.15, 0.2) is 78.9 Å². The van der Waals surface area contributed by atoms with Gasteiger partial charge in [-0.25, -0.2) is 4.79 Å². The summed E-state index contributed by atoms with van der Waals surface area (Å²) in [6, 6.07) is 24.1. The molecule has 0 radical (unpaired) electrons. The lowest BCUT2D eigenvalue weighted by molar-refractivity contribution is -0.126. The first kappa shape index (κ1) is 25.4. The zero-order chi connectivity index (χ0) is 25.5. The van der Waals surface area contributed by atoms with E-state index in [2.05, 4.69) is 15.1 Å². The molecule has 4 rings (SSSR count). The maximum atomic E-state index is 13.3. The Bertz CT molecular complexity index is 1180. The Morgan fingerprint density at radius 1 is 0.861 bits per heavy atom. The smallest absolute Gasteiger partial charge is 0.336 e. The molecule has 0 bridgehead atoms. The van der Waals surface area contributed by atoms with Crippen LogP contribution in [0.1, 0.15) is 36.2 Å². The number of amides is 1. The summed E-state index contributed by atoms with van der Waals surface area (Å²) >= 11 is 0. The van der Waals surface area contributed by atoms with Gasteiger partial charge in [-0.2, -0.15) is 0 Å². The van der Waals surface area contributed by atoms with Crippen LogP contribution in [0.25, 0.3) is 0 Å². The molecular formula is C29H33N3O4. The minimum atomic E-state index is -0.903. The van der Waals surface area contributed by atoms with Crippen LogP contribution in [0.4, 0.5) is 5.69 Å². The highest BCUT2D eigenvalue weighted by molar-refractivity contribution is 5.97. The average molecular weight is 488 g/mol. The number of anilines is 1. The molecule has 3 aromatic carbocycles. The lowest BCUT2D eigenvalue weighted by Gasteiger charge is -2.36. The van der Waals surface area contributed by atoms with Crippen molar-refractivity contribution in [3.8, 4) is 11.5 Å². The first-order chi connectivity index (χ1) is 17.3. The number of nitrogens with one attached hydrogen (secondary N) is 1. The van der Waals surface area contributed by atoms with Crippen molar-refractivity contribution >= 4 is 17.6 Å². The second-order valence-electron chi connectivity index (χ2n) is 9.53. The molecular weight excluding hydrogens is 454 g/mol. The van der Waals surface area contributed by atoms with Gasteiger partial charge in [0.2, 0.25) is 5.91 Å². The molecule has 1 aliphatic heterocycles. The molecule has 0 spiro atoms. The van der Waals surface area contributed by atoms with Gasteiger partial charge in [-0.05, 0) is 74.8 Å². The molecule has 7 heteroatoms. The minimum absolute atomic E-state index is 0.0658. The number of para-hydroxylation sites is 1. The predicted octanol–water partition coefficient (Wildman–Crippen LogP) is 5.10. The first-order valence-electron chi connectivity index (χ1n) is 12.3. The number of carboxylic acid groups (broad SMARTS) is 1. The van der Waals surface area contributed by atoms with Gasteiger partial charge in [0, 0.05) is 31.9 Å². The molecule has 188 valence electrons. The van der Waals surface area contributed by atoms with E-state index < -0.39 is 11.5 Å². The van der Waals surface area contributed by atoms with Crippen LogP contribution < -0.4 is 10.1 Å². The van der Waals surface area contributed by atoms with Gasteiger partial charge >= 0.3 is 5.97 Å². The van der Waals surface area contributed by atoms with E-state index in [1.54, 1.807) is 12.1 Å². The maximum absolute atomic E-state index is 13.3. The summed E-state index contributed by atoms with van der Waals surface area (Å²) in [5, 5.41) is 12.5. The van der Waals surface area contributed by atoms with E-state index in [1.807, 2.05) is 80.6 Å². The second-order valence-corrected chi connectivity index (χ2v) is 9.53. The van der Waals surface area contributed by atoms with E-state index in [4.69, 9.17) is 4.74 Å². The van der Waals surface area contributed by atoms with E-state index in [0.29, 0.717) is 17.9 Å². The van der Waals surface area contributed by atoms with Gasteiger partial charge in [0.15, 0.2) is 0 Å². The Balaban J connectivity index is 1.34. The Kier molecular flexibility index (Phi) is 8.03. The number of hydrogen-bond donors (Lipinski definition) is 2. The minimum Gasteiger partial charge on any atom is -0.478 e. The van der Waals surface area contributed by atoms with Crippen LogP contribution >= 0.6 is 0 Å². The third-order valence-electron chi connectivity index (χ3n) is 6.67. The van der Waals surface area contributed by atoms with Crippen molar-refractivity contribution in [3.05, 3.63) is 90.0 Å². The quantitative estimate of drug-likeness (QED) is 0.460. The van der Waals surface area contributed by atoms with E-state index in [0.717, 1.165) is 49.6 Å². The van der Waals surface area contributed by atoms with E-state index >= 15 is 0 Å². The molecule has 0 atom stereocenters. The van der Waals surface area contributed by atoms with Gasteiger partial charge in [-0.1, -0.05) is 36.4 Å². The largest absolute Gasteiger partial charge is 0.478 e. The van der Waals surface area contributed by atoms with Crippen molar-refractivity contribution in [2.75, 3.05) is 31.5 Å². The predicted molar refractivity (Wildman–Crippen MR) is 141 cm³/mol. The number of aromatic carboxylic acids is 1. The summed E-state index contributed by atoms with van der Waals surface area (Å²) in [5.41, 5.74) is 1.18. The number of rotatable bonds is 8. The van der Waals surface area contributed by atoms with E-state index in [-0.39, 0.29) is 5.91 Å². The summed E-state index contributed by atoms with van der Waals surface area (Å²) in [4.78, 5) is 29.3. The molecule has 1 heterocycles. The molecule has 0 unspecified atom stereocenters. The fraction of sp³-hybridized carbons (Fsp3) is 0.310. The van der Waals surface area contributed by atoms with Crippen LogP contribution in [0, 0.1) is 0 Å². The molecule has 1 saturated heterocycles. The average Bonchev–Trinajstić information content (AvgIpc) is 3.12. The van der Waals surface area contributed by atoms with Crippen molar-refractivity contribution in [1.82, 2.24) is 9.80 Å². The van der Waals surface area contributed by atoms with E-state index in [1.165, 1.54) is 0 Å². The van der Waals surface area contributed by atoms with Gasteiger partial charge in [0.1, 0.15) is 11.5 Å². The van der Waals surface area contributed by atoms with Crippen molar-refractivity contribution < 1.29 is 19.4 Å². The number of nitrogens with zero attached hydrogens (tertiary/aromatic N) is 2. The third kappa shape index (κ3) is 6.30. The highest BCUT2D eigenvalue weighted by Gasteiger charge is 2.35. The topological polar surface area (TPSA) is 82.1 Å². The van der Waals surface area contributed by atoms with Crippen molar-refractivity contribution in [1.29, 1.82) is 0 Å².